The highest BCUT2D eigenvalue weighted by Gasteiger charge is 2.68. The molecule has 1 amide bonds. The third-order valence-electron chi connectivity index (χ3n) is 10.4. The largest absolute Gasteiger partial charge is 0.475 e. The van der Waals surface area contributed by atoms with Crippen LogP contribution < -0.4 is 21.8 Å². The van der Waals surface area contributed by atoms with Gasteiger partial charge in [0.2, 0.25) is 11.9 Å². The van der Waals surface area contributed by atoms with E-state index in [-0.39, 0.29) is 54.6 Å². The van der Waals surface area contributed by atoms with Gasteiger partial charge in [-0.15, -0.1) is 4.91 Å². The monoisotopic (exact) mass is 589 g/mol. The van der Waals surface area contributed by atoms with Crippen LogP contribution in [0.3, 0.4) is 0 Å². The number of hydrogen-bond donors (Lipinski definition) is 4. The number of aldehydes is 1. The summed E-state index contributed by atoms with van der Waals surface area (Å²) in [4.78, 5) is 42.6. The number of nitrogens with two attached hydrogens (primary N) is 1. The van der Waals surface area contributed by atoms with E-state index >= 15 is 0 Å². The molecule has 3 aliphatic carbocycles. The Kier molecular flexibility index (Phi) is 10.7. The van der Waals surface area contributed by atoms with Crippen molar-refractivity contribution in [2.75, 3.05) is 32.7 Å². The van der Waals surface area contributed by atoms with E-state index in [1.165, 1.54) is 12.8 Å². The van der Waals surface area contributed by atoms with Gasteiger partial charge in [0.05, 0.1) is 23.5 Å². The molecule has 2 bridgehead atoms. The molecule has 5 fully saturated rings. The van der Waals surface area contributed by atoms with Crippen LogP contribution in [0, 0.1) is 28.1 Å². The number of likely N-dealkylation sites (tertiary alicyclic amines) is 1. The first-order valence-electron chi connectivity index (χ1n) is 15.9. The molecule has 0 aromatic rings. The summed E-state index contributed by atoms with van der Waals surface area (Å²) in [6.45, 7) is 13.8. The van der Waals surface area contributed by atoms with Crippen LogP contribution in [0.15, 0.2) is 10.3 Å². The molecule has 2 aliphatic heterocycles. The summed E-state index contributed by atoms with van der Waals surface area (Å²) in [5.74, 6) is 1.07. The van der Waals surface area contributed by atoms with Crippen LogP contribution >= 0.6 is 0 Å². The molecule has 0 unspecified atom stereocenters. The van der Waals surface area contributed by atoms with E-state index in [4.69, 9.17) is 15.0 Å². The molecule has 42 heavy (non-hydrogen) atoms. The lowest BCUT2D eigenvalue weighted by Crippen LogP contribution is -2.65. The standard InChI is InChI=1S/C29H52BN7O5/c1-20(2)14-24(30-41-23-16-21-15-22(27(21,3)4)28(23,5)42-30)33-18-29(19-38,10-9-11-32-26(31)35-36-40)34-25(39)17-37-12-7-6-8-13-37/h19-24,33H,6-18H2,1-5H3,(H,34,39)(H3,31,32,35,40)/t21-,22-,23+,24-,28-,29+/m0/s1. The topological polar surface area (TPSA) is 160 Å². The van der Waals surface area contributed by atoms with Crippen LogP contribution in [-0.2, 0) is 18.9 Å². The maximum Gasteiger partial charge on any atom is 0.475 e. The number of nitrogens with one attached hydrogen (secondary N) is 3. The van der Waals surface area contributed by atoms with Crippen molar-refractivity contribution in [1.82, 2.24) is 21.0 Å². The van der Waals surface area contributed by atoms with Gasteiger partial charge in [0, 0.05) is 19.0 Å². The minimum absolute atomic E-state index is 0.0635. The van der Waals surface area contributed by atoms with Crippen LogP contribution in [0.5, 0.6) is 0 Å². The number of rotatable bonds is 15. The first kappa shape index (κ1) is 32.8. The zero-order chi connectivity index (χ0) is 30.5. The Morgan fingerprint density at radius 1 is 1.21 bits per heavy atom. The van der Waals surface area contributed by atoms with Crippen molar-refractivity contribution in [2.45, 2.75) is 109 Å². The number of piperidine rings is 1. The van der Waals surface area contributed by atoms with E-state index < -0.39 is 12.7 Å². The Morgan fingerprint density at radius 3 is 2.60 bits per heavy atom. The fraction of sp³-hybridized carbons (Fsp3) is 0.897. The molecule has 5 aliphatic rings. The summed E-state index contributed by atoms with van der Waals surface area (Å²) in [5.41, 5.74) is 6.46. The molecule has 3 saturated carbocycles. The van der Waals surface area contributed by atoms with Crippen molar-refractivity contribution in [1.29, 1.82) is 0 Å². The number of carbonyl (C=O) groups excluding carboxylic acids is 2. The molecule has 5 N–H and O–H groups in total. The van der Waals surface area contributed by atoms with Gasteiger partial charge in [0.1, 0.15) is 11.8 Å². The van der Waals surface area contributed by atoms with E-state index in [0.717, 1.165) is 45.1 Å². The normalized spacial score (nSPS) is 31.0. The minimum atomic E-state index is -1.15. The lowest BCUT2D eigenvalue weighted by atomic mass is 9.43. The van der Waals surface area contributed by atoms with E-state index in [1.54, 1.807) is 0 Å². The Hall–Kier alpha value is -2.09. The smallest absolute Gasteiger partial charge is 0.404 e. The number of carbonyl (C=O) groups is 2. The molecule has 12 nitrogen and oxygen atoms in total. The van der Waals surface area contributed by atoms with Crippen LogP contribution in [0.25, 0.3) is 0 Å². The second-order valence-corrected chi connectivity index (χ2v) is 14.2. The highest BCUT2D eigenvalue weighted by atomic mass is 16.7. The summed E-state index contributed by atoms with van der Waals surface area (Å²) in [5, 5.41) is 9.19. The Morgan fingerprint density at radius 2 is 1.95 bits per heavy atom. The van der Waals surface area contributed by atoms with Gasteiger partial charge in [0.25, 0.3) is 0 Å². The van der Waals surface area contributed by atoms with Crippen molar-refractivity contribution < 1.29 is 18.9 Å². The third-order valence-corrected chi connectivity index (χ3v) is 10.4. The molecule has 0 radical (unpaired) electrons. The van der Waals surface area contributed by atoms with Crippen LogP contribution in [0.2, 0.25) is 0 Å². The lowest BCUT2D eigenvalue weighted by molar-refractivity contribution is -0.199. The molecule has 2 heterocycles. The molecule has 2 saturated heterocycles. The van der Waals surface area contributed by atoms with Gasteiger partial charge < -0.3 is 30.5 Å². The number of guanidine groups is 1. The second kappa shape index (κ2) is 13.7. The Labute approximate surface area is 251 Å². The van der Waals surface area contributed by atoms with Crippen molar-refractivity contribution in [3.05, 3.63) is 4.91 Å². The lowest BCUT2D eigenvalue weighted by Gasteiger charge is -2.64. The van der Waals surface area contributed by atoms with Gasteiger partial charge >= 0.3 is 7.12 Å². The molecule has 6 atom stereocenters. The van der Waals surface area contributed by atoms with E-state index in [1.807, 2.05) is 0 Å². The summed E-state index contributed by atoms with van der Waals surface area (Å²) < 4.78 is 13.4. The first-order valence-corrected chi connectivity index (χ1v) is 15.9. The van der Waals surface area contributed by atoms with Gasteiger partial charge in [-0.3, -0.25) is 14.7 Å². The van der Waals surface area contributed by atoms with E-state index in [9.17, 15) is 14.5 Å². The van der Waals surface area contributed by atoms with Gasteiger partial charge in [-0.05, 0) is 88.1 Å². The molecule has 5 rings (SSSR count). The first-order chi connectivity index (χ1) is 19.9. The van der Waals surface area contributed by atoms with Crippen molar-refractivity contribution >= 4 is 25.3 Å². The van der Waals surface area contributed by atoms with Crippen LogP contribution in [-0.4, -0.2) is 86.1 Å². The minimum Gasteiger partial charge on any atom is -0.404 e. The van der Waals surface area contributed by atoms with Crippen molar-refractivity contribution in [2.24, 2.45) is 39.2 Å². The SMILES string of the molecule is CC(C)C[C@H](NC[C@@](C=O)(CCCN=C(N)NN=O)NC(=O)CN1CCCCC1)B1O[C@@H]2C[C@@H]3C[C@@H](C3(C)C)[C@]2(C)O1. The van der Waals surface area contributed by atoms with Gasteiger partial charge in [-0.2, -0.15) is 0 Å². The molecule has 236 valence electrons. The highest BCUT2D eigenvalue weighted by Crippen LogP contribution is 2.65. The summed E-state index contributed by atoms with van der Waals surface area (Å²) in [6, 6.07) is 0. The predicted octanol–water partition coefficient (Wildman–Crippen LogP) is 2.16. The van der Waals surface area contributed by atoms with Gasteiger partial charge in [-0.1, -0.05) is 34.1 Å². The summed E-state index contributed by atoms with van der Waals surface area (Å²) in [6.07, 6.45) is 8.04. The molecular formula is C29H52BN7O5. The molecular weight excluding hydrogens is 537 g/mol. The van der Waals surface area contributed by atoms with Gasteiger partial charge in [0.15, 0.2) is 0 Å². The third kappa shape index (κ3) is 7.34. The quantitative estimate of drug-likeness (QED) is 0.0427. The second-order valence-electron chi connectivity index (χ2n) is 14.2. The van der Waals surface area contributed by atoms with E-state index in [0.29, 0.717) is 30.6 Å². The number of nitrogens with zero attached hydrogens (tertiary/aromatic N) is 3. The molecule has 0 aromatic carbocycles. The zero-order valence-corrected chi connectivity index (χ0v) is 26.2. The molecule has 0 aromatic heterocycles. The zero-order valence-electron chi connectivity index (χ0n) is 26.2. The van der Waals surface area contributed by atoms with E-state index in [2.05, 4.69) is 65.9 Å². The average molecular weight is 590 g/mol. The predicted molar refractivity (Wildman–Crippen MR) is 163 cm³/mol. The summed E-state index contributed by atoms with van der Waals surface area (Å²) in [7, 11) is -0.433. The number of hydrogen-bond acceptors (Lipinski definition) is 9. The van der Waals surface area contributed by atoms with Crippen molar-refractivity contribution in [3.63, 3.8) is 0 Å². The fourth-order valence-electron chi connectivity index (χ4n) is 7.82. The van der Waals surface area contributed by atoms with Crippen LogP contribution in [0.1, 0.15) is 86.0 Å². The molecule has 13 heteroatoms. The summed E-state index contributed by atoms with van der Waals surface area (Å²) >= 11 is 0. The Bertz CT molecular complexity index is 993. The number of aliphatic imine (C=N–C) groups is 1. The van der Waals surface area contributed by atoms with Gasteiger partial charge in [-0.25, -0.2) is 5.43 Å². The Balaban J connectivity index is 1.45. The molecule has 0 spiro atoms. The highest BCUT2D eigenvalue weighted by molar-refractivity contribution is 6.47. The number of amides is 1. The van der Waals surface area contributed by atoms with Crippen molar-refractivity contribution in [3.8, 4) is 0 Å². The fourth-order valence-corrected chi connectivity index (χ4v) is 7.82. The van der Waals surface area contributed by atoms with Crippen LogP contribution in [0.4, 0.5) is 0 Å². The maximum atomic E-state index is 13.2. The maximum absolute atomic E-state index is 13.2. The average Bonchev–Trinajstić information content (AvgIpc) is 3.30. The number of nitroso groups, excluding NO2 is 1.